The molecule has 0 saturated heterocycles. The molecule has 0 N–H and O–H groups in total. The minimum Gasteiger partial charge on any atom is -0.243 e. The van der Waals surface area contributed by atoms with Gasteiger partial charge in [0.2, 0.25) is 0 Å². The van der Waals surface area contributed by atoms with Crippen molar-refractivity contribution in [2.24, 2.45) is 17.3 Å². The van der Waals surface area contributed by atoms with Crippen LogP contribution in [-0.2, 0) is 0 Å². The zero-order chi connectivity index (χ0) is 13.2. The zero-order valence-corrected chi connectivity index (χ0v) is 12.6. The van der Waals surface area contributed by atoms with E-state index < -0.39 is 5.67 Å². The average Bonchev–Trinajstić information content (AvgIpc) is 2.58. The van der Waals surface area contributed by atoms with Gasteiger partial charge in [0.1, 0.15) is 5.67 Å². The van der Waals surface area contributed by atoms with E-state index in [9.17, 15) is 0 Å². The van der Waals surface area contributed by atoms with Gasteiger partial charge in [-0.15, -0.1) is 0 Å². The molecule has 0 spiro atoms. The molecule has 106 valence electrons. The van der Waals surface area contributed by atoms with Gasteiger partial charge in [0.25, 0.3) is 0 Å². The summed E-state index contributed by atoms with van der Waals surface area (Å²) in [7, 11) is 0. The van der Waals surface area contributed by atoms with Gasteiger partial charge in [0.15, 0.2) is 0 Å². The van der Waals surface area contributed by atoms with Crippen molar-refractivity contribution in [1.82, 2.24) is 0 Å². The lowest BCUT2D eigenvalue weighted by Gasteiger charge is -2.44. The predicted molar refractivity (Wildman–Crippen MR) is 76.4 cm³/mol. The van der Waals surface area contributed by atoms with Crippen molar-refractivity contribution in [1.29, 1.82) is 0 Å². The van der Waals surface area contributed by atoms with Gasteiger partial charge in [0, 0.05) is 5.41 Å². The minimum absolute atomic E-state index is 0.0453. The molecule has 0 aromatic rings. The summed E-state index contributed by atoms with van der Waals surface area (Å²) in [6.45, 7) is 6.77. The highest BCUT2D eigenvalue weighted by Gasteiger charge is 2.50. The Morgan fingerprint density at radius 3 is 1.72 bits per heavy atom. The Morgan fingerprint density at radius 1 is 0.833 bits per heavy atom. The third-order valence-corrected chi connectivity index (χ3v) is 5.79. The third-order valence-electron chi connectivity index (χ3n) is 5.79. The van der Waals surface area contributed by atoms with Crippen LogP contribution >= 0.6 is 0 Å². The molecule has 2 atom stereocenters. The van der Waals surface area contributed by atoms with Gasteiger partial charge in [-0.05, 0) is 37.5 Å². The van der Waals surface area contributed by atoms with Crippen molar-refractivity contribution < 1.29 is 4.39 Å². The summed E-state index contributed by atoms with van der Waals surface area (Å²) in [6, 6.07) is 0. The van der Waals surface area contributed by atoms with Gasteiger partial charge in [0.05, 0.1) is 0 Å². The van der Waals surface area contributed by atoms with E-state index in [2.05, 4.69) is 20.8 Å². The second kappa shape index (κ2) is 5.51. The van der Waals surface area contributed by atoms with Crippen LogP contribution in [-0.4, -0.2) is 5.67 Å². The fraction of sp³-hybridized carbons (Fsp3) is 1.00. The Bertz CT molecular complexity index is 251. The highest BCUT2D eigenvalue weighted by atomic mass is 19.1. The molecule has 1 heteroatoms. The maximum Gasteiger partial charge on any atom is 0.116 e. The first-order valence-electron chi connectivity index (χ1n) is 8.14. The smallest absolute Gasteiger partial charge is 0.116 e. The van der Waals surface area contributed by atoms with Crippen molar-refractivity contribution >= 4 is 0 Å². The highest BCUT2D eigenvalue weighted by Crippen LogP contribution is 2.53. The molecule has 0 bridgehead atoms. The first-order valence-corrected chi connectivity index (χ1v) is 8.14. The molecule has 2 fully saturated rings. The van der Waals surface area contributed by atoms with Crippen LogP contribution in [0, 0.1) is 17.3 Å². The van der Waals surface area contributed by atoms with Gasteiger partial charge in [-0.2, -0.15) is 0 Å². The first-order chi connectivity index (χ1) is 8.45. The molecule has 2 unspecified atom stereocenters. The van der Waals surface area contributed by atoms with E-state index in [0.717, 1.165) is 25.7 Å². The Balaban J connectivity index is 2.19. The van der Waals surface area contributed by atoms with Gasteiger partial charge in [-0.25, -0.2) is 4.39 Å². The first kappa shape index (κ1) is 14.3. The zero-order valence-electron chi connectivity index (χ0n) is 12.6. The molecule has 0 aromatic carbocycles. The van der Waals surface area contributed by atoms with Crippen molar-refractivity contribution in [3.8, 4) is 0 Å². The largest absolute Gasteiger partial charge is 0.243 e. The van der Waals surface area contributed by atoms with E-state index in [0.29, 0.717) is 11.8 Å². The monoisotopic (exact) mass is 254 g/mol. The lowest BCUT2D eigenvalue weighted by molar-refractivity contribution is -0.0369. The van der Waals surface area contributed by atoms with E-state index >= 15 is 4.39 Å². The van der Waals surface area contributed by atoms with Gasteiger partial charge in [-0.1, -0.05) is 59.3 Å². The molecule has 0 radical (unpaired) electrons. The average molecular weight is 254 g/mol. The number of hydrogen-bond acceptors (Lipinski definition) is 0. The van der Waals surface area contributed by atoms with Crippen LogP contribution in [0.25, 0.3) is 0 Å². The van der Waals surface area contributed by atoms with E-state index in [-0.39, 0.29) is 5.41 Å². The SMILES string of the molecule is CC1CCC(C)CC(F)(C2(C)CCCCCC2)C1. The van der Waals surface area contributed by atoms with E-state index in [4.69, 9.17) is 0 Å². The molecule has 2 aliphatic carbocycles. The molecule has 0 amide bonds. The summed E-state index contributed by atoms with van der Waals surface area (Å²) in [6.07, 6.45) is 11.4. The maximum absolute atomic E-state index is 15.8. The molecule has 18 heavy (non-hydrogen) atoms. The summed E-state index contributed by atoms with van der Waals surface area (Å²) < 4.78 is 15.8. The Labute approximate surface area is 113 Å². The fourth-order valence-electron chi connectivity index (χ4n) is 4.41. The summed E-state index contributed by atoms with van der Waals surface area (Å²) >= 11 is 0. The third kappa shape index (κ3) is 2.91. The number of halogens is 1. The van der Waals surface area contributed by atoms with Crippen LogP contribution in [0.15, 0.2) is 0 Å². The predicted octanol–water partition coefficient (Wildman–Crippen LogP) is 5.90. The molecular weight excluding hydrogens is 223 g/mol. The van der Waals surface area contributed by atoms with Crippen molar-refractivity contribution in [3.63, 3.8) is 0 Å². The normalized spacial score (nSPS) is 42.0. The van der Waals surface area contributed by atoms with Crippen molar-refractivity contribution in [3.05, 3.63) is 0 Å². The van der Waals surface area contributed by atoms with Gasteiger partial charge < -0.3 is 0 Å². The van der Waals surface area contributed by atoms with Crippen LogP contribution in [0.2, 0.25) is 0 Å². The summed E-state index contributed by atoms with van der Waals surface area (Å²) in [5.41, 5.74) is -0.941. The fourth-order valence-corrected chi connectivity index (χ4v) is 4.41. The van der Waals surface area contributed by atoms with E-state index in [1.807, 2.05) is 0 Å². The Hall–Kier alpha value is -0.0700. The summed E-state index contributed by atoms with van der Waals surface area (Å²) in [4.78, 5) is 0. The Kier molecular flexibility index (Phi) is 4.39. The quantitative estimate of drug-likeness (QED) is 0.511. The molecule has 0 nitrogen and oxygen atoms in total. The van der Waals surface area contributed by atoms with Gasteiger partial charge >= 0.3 is 0 Å². The van der Waals surface area contributed by atoms with E-state index in [1.165, 1.54) is 38.5 Å². The highest BCUT2D eigenvalue weighted by molar-refractivity contribution is 5.00. The molecular formula is C17H31F. The molecule has 0 aliphatic heterocycles. The molecule has 2 rings (SSSR count). The number of rotatable bonds is 1. The van der Waals surface area contributed by atoms with Gasteiger partial charge in [-0.3, -0.25) is 0 Å². The molecule has 0 heterocycles. The van der Waals surface area contributed by atoms with Crippen LogP contribution in [0.3, 0.4) is 0 Å². The van der Waals surface area contributed by atoms with Crippen LogP contribution in [0.5, 0.6) is 0 Å². The molecule has 0 aromatic heterocycles. The summed E-state index contributed by atoms with van der Waals surface area (Å²) in [5.74, 6) is 1.14. The van der Waals surface area contributed by atoms with E-state index in [1.54, 1.807) is 0 Å². The number of hydrogen-bond donors (Lipinski definition) is 0. The second-order valence-electron chi connectivity index (χ2n) is 7.64. The lowest BCUT2D eigenvalue weighted by Crippen LogP contribution is -2.44. The maximum atomic E-state index is 15.8. The number of alkyl halides is 1. The molecule has 2 aliphatic rings. The Morgan fingerprint density at radius 2 is 1.28 bits per heavy atom. The van der Waals surface area contributed by atoms with Crippen molar-refractivity contribution in [2.75, 3.05) is 0 Å². The van der Waals surface area contributed by atoms with Crippen LogP contribution < -0.4 is 0 Å². The standard InChI is InChI=1S/C17H31F/c1-14-8-9-15(2)13-17(18,12-14)16(3)10-6-4-5-7-11-16/h14-15H,4-13H2,1-3H3. The lowest BCUT2D eigenvalue weighted by atomic mass is 9.64. The topological polar surface area (TPSA) is 0 Å². The van der Waals surface area contributed by atoms with Crippen LogP contribution in [0.4, 0.5) is 4.39 Å². The minimum atomic E-state index is -0.896. The van der Waals surface area contributed by atoms with Crippen molar-refractivity contribution in [2.45, 2.75) is 90.6 Å². The summed E-state index contributed by atoms with van der Waals surface area (Å²) in [5, 5.41) is 0. The second-order valence-corrected chi connectivity index (χ2v) is 7.64. The molecule has 2 saturated carbocycles. The van der Waals surface area contributed by atoms with Crippen LogP contribution in [0.1, 0.15) is 85.0 Å².